The van der Waals surface area contributed by atoms with Gasteiger partial charge in [0.25, 0.3) is 0 Å². The normalized spacial score (nSPS) is 18.2. The molecule has 1 aliphatic heterocycles. The fraction of sp³-hybridized carbons (Fsp3) is 0.632. The van der Waals surface area contributed by atoms with E-state index in [0.717, 1.165) is 18.8 Å². The number of benzene rings is 1. The maximum absolute atomic E-state index is 5.96. The van der Waals surface area contributed by atoms with E-state index in [9.17, 15) is 0 Å². The number of rotatable bonds is 8. The average molecular weight is 460 g/mol. The highest BCUT2D eigenvalue weighted by Crippen LogP contribution is 2.25. The van der Waals surface area contributed by atoms with Crippen LogP contribution in [0.3, 0.4) is 0 Å². The predicted octanol–water partition coefficient (Wildman–Crippen LogP) is 3.20. The Balaban J connectivity index is 0.00000312. The number of halogens is 1. The number of aliphatic imine (C=N–C) groups is 1. The topological polar surface area (TPSA) is 62.9 Å². The summed E-state index contributed by atoms with van der Waals surface area (Å²) >= 11 is 0. The zero-order valence-electron chi connectivity index (χ0n) is 15.7. The maximum Gasteiger partial charge on any atom is 0.188 e. The van der Waals surface area contributed by atoms with Crippen LogP contribution in [0, 0.1) is 0 Å². The number of likely N-dealkylation sites (N-methyl/N-ethyl adjacent to an activating group) is 1. The van der Waals surface area contributed by atoms with Crippen molar-refractivity contribution in [2.45, 2.75) is 45.6 Å². The first-order valence-electron chi connectivity index (χ1n) is 9.11. The summed E-state index contributed by atoms with van der Waals surface area (Å²) in [7, 11) is 0. The Labute approximate surface area is 169 Å². The van der Waals surface area contributed by atoms with Gasteiger partial charge in [-0.15, -0.1) is 24.0 Å². The summed E-state index contributed by atoms with van der Waals surface area (Å²) in [4.78, 5) is 6.96. The smallest absolute Gasteiger partial charge is 0.188 e. The van der Waals surface area contributed by atoms with Gasteiger partial charge >= 0.3 is 0 Å². The molecule has 3 N–H and O–H groups in total. The summed E-state index contributed by atoms with van der Waals surface area (Å²) in [6.45, 7) is 10.8. The number of nitrogens with one attached hydrogen (secondary N) is 1. The molecule has 0 amide bonds. The first kappa shape index (κ1) is 22.0. The molecule has 0 bridgehead atoms. The van der Waals surface area contributed by atoms with Crippen molar-refractivity contribution in [3.8, 4) is 5.75 Å². The largest absolute Gasteiger partial charge is 0.491 e. The molecule has 142 valence electrons. The summed E-state index contributed by atoms with van der Waals surface area (Å²) in [6.07, 6.45) is 2.49. The van der Waals surface area contributed by atoms with Gasteiger partial charge in [0.05, 0.1) is 13.1 Å². The van der Waals surface area contributed by atoms with Gasteiger partial charge in [0.1, 0.15) is 12.4 Å². The van der Waals surface area contributed by atoms with Gasteiger partial charge in [0.15, 0.2) is 5.96 Å². The molecular weight excluding hydrogens is 427 g/mol. The molecule has 2 rings (SSSR count). The minimum absolute atomic E-state index is 0. The maximum atomic E-state index is 5.96. The fourth-order valence-corrected chi connectivity index (χ4v) is 3.21. The minimum atomic E-state index is 0. The second-order valence-corrected chi connectivity index (χ2v) is 6.62. The molecule has 5 nitrogen and oxygen atoms in total. The number of hydrogen-bond donors (Lipinski definition) is 2. The lowest BCUT2D eigenvalue weighted by Gasteiger charge is -2.21. The Hall–Kier alpha value is -1.02. The summed E-state index contributed by atoms with van der Waals surface area (Å²) in [5, 5.41) is 3.14. The van der Waals surface area contributed by atoms with Gasteiger partial charge < -0.3 is 15.8 Å². The van der Waals surface area contributed by atoms with Crippen molar-refractivity contribution in [3.05, 3.63) is 29.8 Å². The van der Waals surface area contributed by atoms with Crippen LogP contribution in [-0.2, 0) is 0 Å². The third-order valence-electron chi connectivity index (χ3n) is 4.58. The van der Waals surface area contributed by atoms with Gasteiger partial charge in [-0.1, -0.05) is 39.0 Å². The van der Waals surface area contributed by atoms with Crippen LogP contribution in [0.15, 0.2) is 29.3 Å². The molecule has 0 spiro atoms. The number of guanidine groups is 1. The number of para-hydroxylation sites is 1. The molecule has 0 radical (unpaired) electrons. The highest BCUT2D eigenvalue weighted by atomic mass is 127. The lowest BCUT2D eigenvalue weighted by atomic mass is 10.0. The third kappa shape index (κ3) is 7.01. The van der Waals surface area contributed by atoms with Crippen LogP contribution in [0.2, 0.25) is 0 Å². The van der Waals surface area contributed by atoms with E-state index in [-0.39, 0.29) is 24.0 Å². The van der Waals surface area contributed by atoms with E-state index < -0.39 is 0 Å². The van der Waals surface area contributed by atoms with E-state index in [1.54, 1.807) is 0 Å². The van der Waals surface area contributed by atoms with Crippen LogP contribution in [0.4, 0.5) is 0 Å². The van der Waals surface area contributed by atoms with E-state index >= 15 is 0 Å². The van der Waals surface area contributed by atoms with Gasteiger partial charge in [-0.05, 0) is 43.5 Å². The predicted molar refractivity (Wildman–Crippen MR) is 116 cm³/mol. The van der Waals surface area contributed by atoms with E-state index in [0.29, 0.717) is 31.1 Å². The number of ether oxygens (including phenoxy) is 1. The lowest BCUT2D eigenvalue weighted by Crippen LogP contribution is -2.37. The minimum Gasteiger partial charge on any atom is -0.491 e. The van der Waals surface area contributed by atoms with Crippen molar-refractivity contribution < 1.29 is 4.74 Å². The van der Waals surface area contributed by atoms with Crippen molar-refractivity contribution in [2.24, 2.45) is 10.7 Å². The Kier molecular flexibility index (Phi) is 10.2. The van der Waals surface area contributed by atoms with Crippen molar-refractivity contribution in [1.82, 2.24) is 10.2 Å². The molecule has 1 aromatic carbocycles. The zero-order chi connectivity index (χ0) is 17.4. The van der Waals surface area contributed by atoms with Crippen LogP contribution < -0.4 is 15.8 Å². The highest BCUT2D eigenvalue weighted by molar-refractivity contribution is 14.0. The van der Waals surface area contributed by atoms with Crippen LogP contribution in [-0.4, -0.2) is 49.7 Å². The summed E-state index contributed by atoms with van der Waals surface area (Å²) in [5.74, 6) is 1.92. The van der Waals surface area contributed by atoms with Gasteiger partial charge in [0.2, 0.25) is 0 Å². The molecular formula is C19H33IN4O. The average Bonchev–Trinajstić information content (AvgIpc) is 3.04. The molecule has 1 aromatic rings. The number of hydrogen-bond acceptors (Lipinski definition) is 3. The zero-order valence-corrected chi connectivity index (χ0v) is 18.0. The Morgan fingerprint density at radius 1 is 1.40 bits per heavy atom. The second kappa shape index (κ2) is 11.6. The quantitative estimate of drug-likeness (QED) is 0.271. The van der Waals surface area contributed by atoms with Crippen molar-refractivity contribution in [1.29, 1.82) is 0 Å². The molecule has 0 saturated carbocycles. The molecule has 1 heterocycles. The van der Waals surface area contributed by atoms with E-state index in [1.165, 1.54) is 24.9 Å². The van der Waals surface area contributed by atoms with Gasteiger partial charge in [-0.3, -0.25) is 9.89 Å². The summed E-state index contributed by atoms with van der Waals surface area (Å²) in [6, 6.07) is 8.74. The third-order valence-corrected chi connectivity index (χ3v) is 4.58. The highest BCUT2D eigenvalue weighted by Gasteiger charge is 2.22. The van der Waals surface area contributed by atoms with Crippen LogP contribution >= 0.6 is 24.0 Å². The Morgan fingerprint density at radius 3 is 2.88 bits per heavy atom. The molecule has 6 heteroatoms. The molecule has 1 atom stereocenters. The Morgan fingerprint density at radius 2 is 2.16 bits per heavy atom. The molecule has 1 aliphatic rings. The van der Waals surface area contributed by atoms with E-state index in [1.807, 2.05) is 18.2 Å². The first-order chi connectivity index (χ1) is 11.6. The molecule has 0 aliphatic carbocycles. The number of nitrogens with two attached hydrogens (primary N) is 1. The van der Waals surface area contributed by atoms with Crippen LogP contribution in [0.5, 0.6) is 5.75 Å². The van der Waals surface area contributed by atoms with E-state index in [4.69, 9.17) is 10.5 Å². The number of nitrogens with zero attached hydrogens (tertiary/aromatic N) is 2. The monoisotopic (exact) mass is 460 g/mol. The number of likely N-dealkylation sites (tertiary alicyclic amines) is 1. The summed E-state index contributed by atoms with van der Waals surface area (Å²) < 4.78 is 5.88. The molecule has 25 heavy (non-hydrogen) atoms. The second-order valence-electron chi connectivity index (χ2n) is 6.62. The van der Waals surface area contributed by atoms with Gasteiger partial charge in [-0.2, -0.15) is 0 Å². The fourth-order valence-electron chi connectivity index (χ4n) is 3.21. The first-order valence-corrected chi connectivity index (χ1v) is 9.11. The molecule has 1 saturated heterocycles. The van der Waals surface area contributed by atoms with Crippen LogP contribution in [0.1, 0.15) is 45.1 Å². The van der Waals surface area contributed by atoms with Crippen LogP contribution in [0.25, 0.3) is 0 Å². The van der Waals surface area contributed by atoms with Crippen molar-refractivity contribution >= 4 is 29.9 Å². The standard InChI is InChI=1S/C19H32N4O.HI/c1-4-23-12-7-8-16(23)14-22-19(20)21-11-13-24-18-10-6-5-9-17(18)15(2)3;/h5-6,9-10,15-16H,4,7-8,11-14H2,1-3H3,(H3,20,21,22);1H. The molecule has 1 fully saturated rings. The SMILES string of the molecule is CCN1CCCC1CN=C(N)NCCOc1ccccc1C(C)C.I. The summed E-state index contributed by atoms with van der Waals surface area (Å²) in [5.41, 5.74) is 7.20. The van der Waals surface area contributed by atoms with Crippen molar-refractivity contribution in [3.63, 3.8) is 0 Å². The van der Waals surface area contributed by atoms with Crippen molar-refractivity contribution in [2.75, 3.05) is 32.8 Å². The van der Waals surface area contributed by atoms with Gasteiger partial charge in [0, 0.05) is 6.04 Å². The van der Waals surface area contributed by atoms with Gasteiger partial charge in [-0.25, -0.2) is 0 Å². The molecule has 1 unspecified atom stereocenters. The Bertz CT molecular complexity index is 536. The molecule has 0 aromatic heterocycles. The van der Waals surface area contributed by atoms with E-state index in [2.05, 4.69) is 42.0 Å². The lowest BCUT2D eigenvalue weighted by molar-refractivity contribution is 0.273.